The molecule has 3 fully saturated rings. The number of rotatable bonds is 0. The summed E-state index contributed by atoms with van der Waals surface area (Å²) < 4.78 is 0. The molecule has 7 heteroatoms. The van der Waals surface area contributed by atoms with E-state index in [4.69, 9.17) is 12.6 Å². The Bertz CT molecular complexity index is 359. The number of fused-ring (bicyclic) bond motifs is 2. The van der Waals surface area contributed by atoms with Gasteiger partial charge in [0.25, 0.3) is 5.91 Å². The molecule has 90 valence electrons. The third-order valence-electron chi connectivity index (χ3n) is 3.85. The van der Waals surface area contributed by atoms with E-state index in [0.29, 0.717) is 25.9 Å². The van der Waals surface area contributed by atoms with Crippen LogP contribution in [0.2, 0.25) is 0 Å². The fourth-order valence-corrected chi connectivity index (χ4v) is 3.90. The molecular weight excluding hydrogens is 310 g/mol. The molecular formula is C10H13N2O2S2Zn-. The SMILES string of the molecule is O=C1N2CCCC2(S)C(=O)N2CCCC12[S-].[Zn]. The number of hydrogen-bond acceptors (Lipinski definition) is 4. The fraction of sp³-hybridized carbons (Fsp3) is 0.800. The Kier molecular flexibility index (Phi) is 3.33. The van der Waals surface area contributed by atoms with Gasteiger partial charge >= 0.3 is 0 Å². The first-order valence-electron chi connectivity index (χ1n) is 5.57. The van der Waals surface area contributed by atoms with Gasteiger partial charge in [0.2, 0.25) is 5.91 Å². The molecule has 0 bridgehead atoms. The van der Waals surface area contributed by atoms with Gasteiger partial charge in [-0.15, -0.1) is 12.6 Å². The van der Waals surface area contributed by atoms with Crippen molar-refractivity contribution in [1.29, 1.82) is 0 Å². The molecule has 0 aromatic rings. The summed E-state index contributed by atoms with van der Waals surface area (Å²) in [5, 5.41) is 0. The number of carbonyl (C=O) groups excluding carboxylic acids is 2. The van der Waals surface area contributed by atoms with Gasteiger partial charge in [0.1, 0.15) is 0 Å². The first-order chi connectivity index (χ1) is 7.50. The second-order valence-corrected chi connectivity index (χ2v) is 6.14. The first kappa shape index (κ1) is 13.7. The Balaban J connectivity index is 0.00000108. The maximum absolute atomic E-state index is 12.3. The van der Waals surface area contributed by atoms with Crippen LogP contribution in [0, 0.1) is 0 Å². The predicted molar refractivity (Wildman–Crippen MR) is 63.7 cm³/mol. The maximum atomic E-state index is 12.3. The quantitative estimate of drug-likeness (QED) is 0.391. The molecule has 2 amide bonds. The van der Waals surface area contributed by atoms with E-state index in [0.717, 1.165) is 12.8 Å². The molecule has 2 atom stereocenters. The zero-order chi connectivity index (χ0) is 11.6. The number of piperazine rings is 1. The Morgan fingerprint density at radius 1 is 1.06 bits per heavy atom. The van der Waals surface area contributed by atoms with E-state index in [1.165, 1.54) is 0 Å². The van der Waals surface area contributed by atoms with E-state index in [1.54, 1.807) is 9.80 Å². The van der Waals surface area contributed by atoms with Crippen molar-refractivity contribution < 1.29 is 29.1 Å². The van der Waals surface area contributed by atoms with Gasteiger partial charge in [0.05, 0.1) is 0 Å². The van der Waals surface area contributed by atoms with E-state index in [9.17, 15) is 9.59 Å². The van der Waals surface area contributed by atoms with Crippen LogP contribution in [0.15, 0.2) is 0 Å². The van der Waals surface area contributed by atoms with Gasteiger partial charge < -0.3 is 22.4 Å². The third-order valence-corrected chi connectivity index (χ3v) is 5.11. The molecule has 0 saturated carbocycles. The minimum absolute atomic E-state index is 0. The molecule has 4 nitrogen and oxygen atoms in total. The van der Waals surface area contributed by atoms with Gasteiger partial charge in [-0.3, -0.25) is 9.59 Å². The third kappa shape index (κ3) is 1.55. The number of thiol groups is 1. The maximum Gasteiger partial charge on any atom is 0.257 e. The molecule has 2 unspecified atom stereocenters. The van der Waals surface area contributed by atoms with Crippen LogP contribution in [0.4, 0.5) is 0 Å². The van der Waals surface area contributed by atoms with Crippen molar-refractivity contribution >= 4 is 37.1 Å². The summed E-state index contributed by atoms with van der Waals surface area (Å²) in [7, 11) is 0. The van der Waals surface area contributed by atoms with Gasteiger partial charge in [0, 0.05) is 37.4 Å². The van der Waals surface area contributed by atoms with Gasteiger partial charge in [-0.25, -0.2) is 0 Å². The van der Waals surface area contributed by atoms with Crippen LogP contribution < -0.4 is 0 Å². The molecule has 0 aromatic heterocycles. The fourth-order valence-electron chi connectivity index (χ4n) is 3.00. The minimum atomic E-state index is -1.01. The topological polar surface area (TPSA) is 40.6 Å². The molecule has 3 aliphatic heterocycles. The van der Waals surface area contributed by atoms with Gasteiger partial charge in [0.15, 0.2) is 4.87 Å². The summed E-state index contributed by atoms with van der Waals surface area (Å²) in [6.07, 6.45) is 2.90. The van der Waals surface area contributed by atoms with Gasteiger partial charge in [-0.2, -0.15) is 0 Å². The van der Waals surface area contributed by atoms with Crippen molar-refractivity contribution in [3.63, 3.8) is 0 Å². The zero-order valence-corrected chi connectivity index (χ0v) is 14.2. The number of hydrogen-bond donors (Lipinski definition) is 1. The van der Waals surface area contributed by atoms with E-state index in [-0.39, 0.29) is 31.3 Å². The van der Waals surface area contributed by atoms with E-state index < -0.39 is 9.74 Å². The molecule has 3 saturated heterocycles. The largest absolute Gasteiger partial charge is 0.755 e. The molecule has 3 heterocycles. The van der Waals surface area contributed by atoms with Crippen molar-refractivity contribution in [3.8, 4) is 0 Å². The summed E-state index contributed by atoms with van der Waals surface area (Å²) >= 11 is 9.84. The van der Waals surface area contributed by atoms with Crippen molar-refractivity contribution in [3.05, 3.63) is 0 Å². The summed E-state index contributed by atoms with van der Waals surface area (Å²) in [6, 6.07) is 0. The van der Waals surface area contributed by atoms with Gasteiger partial charge in [-0.1, -0.05) is 0 Å². The molecule has 3 rings (SSSR count). The molecule has 17 heavy (non-hydrogen) atoms. The number of carbonyl (C=O) groups is 2. The average molecular weight is 323 g/mol. The van der Waals surface area contributed by atoms with Crippen LogP contribution in [0.3, 0.4) is 0 Å². The van der Waals surface area contributed by atoms with Crippen molar-refractivity contribution in [2.45, 2.75) is 35.4 Å². The normalized spacial score (nSPS) is 40.1. The molecule has 3 aliphatic rings. The van der Waals surface area contributed by atoms with Crippen molar-refractivity contribution in [2.24, 2.45) is 0 Å². The predicted octanol–water partition coefficient (Wildman–Crippen LogP) is 0.112. The Morgan fingerprint density at radius 3 is 2.35 bits per heavy atom. The Hall–Kier alpha value is 0.263. The van der Waals surface area contributed by atoms with E-state index in [1.807, 2.05) is 0 Å². The monoisotopic (exact) mass is 321 g/mol. The average Bonchev–Trinajstić information content (AvgIpc) is 2.81. The molecule has 0 aromatic carbocycles. The van der Waals surface area contributed by atoms with Crippen LogP contribution in [0.1, 0.15) is 25.7 Å². The molecule has 0 aliphatic carbocycles. The Morgan fingerprint density at radius 2 is 1.65 bits per heavy atom. The van der Waals surface area contributed by atoms with Crippen LogP contribution in [-0.4, -0.2) is 44.4 Å². The molecule has 0 spiro atoms. The summed E-state index contributed by atoms with van der Waals surface area (Å²) in [5.74, 6) is -0.160. The Labute approximate surface area is 124 Å². The van der Waals surface area contributed by atoms with Crippen LogP contribution in [0.5, 0.6) is 0 Å². The zero-order valence-electron chi connectivity index (χ0n) is 9.52. The van der Waals surface area contributed by atoms with E-state index >= 15 is 0 Å². The second-order valence-electron chi connectivity index (χ2n) is 4.72. The molecule has 0 radical (unpaired) electrons. The minimum Gasteiger partial charge on any atom is -0.755 e. The first-order valence-corrected chi connectivity index (χ1v) is 6.43. The van der Waals surface area contributed by atoms with Crippen LogP contribution in [0.25, 0.3) is 0 Å². The second kappa shape index (κ2) is 4.14. The summed E-state index contributed by atoms with van der Waals surface area (Å²) in [5.41, 5.74) is 0. The van der Waals surface area contributed by atoms with Crippen LogP contribution in [-0.2, 0) is 41.7 Å². The number of nitrogens with zero attached hydrogens (tertiary/aromatic N) is 2. The van der Waals surface area contributed by atoms with Crippen molar-refractivity contribution in [2.75, 3.05) is 13.1 Å². The molecule has 0 N–H and O–H groups in total. The van der Waals surface area contributed by atoms with Crippen LogP contribution >= 0.6 is 12.6 Å². The van der Waals surface area contributed by atoms with Gasteiger partial charge in [-0.05, 0) is 25.7 Å². The summed E-state index contributed by atoms with van der Waals surface area (Å²) in [6.45, 7) is 1.21. The number of amides is 2. The van der Waals surface area contributed by atoms with Crippen molar-refractivity contribution in [1.82, 2.24) is 9.80 Å². The van der Waals surface area contributed by atoms with E-state index in [2.05, 4.69) is 12.6 Å². The smallest absolute Gasteiger partial charge is 0.257 e. The standard InChI is InChI=1S/C10H14N2O2S2.Zn/c13-7-9(15)3-1-5-11(9)8(14)10(16)4-2-6-12(7)10;/h15-16H,1-6H2;/p-1. The summed E-state index contributed by atoms with van der Waals surface area (Å²) in [4.78, 5) is 25.9.